The predicted octanol–water partition coefficient (Wildman–Crippen LogP) is 1.97. The van der Waals surface area contributed by atoms with Crippen LogP contribution >= 0.6 is 0 Å². The molecule has 2 rings (SSSR count). The van der Waals surface area contributed by atoms with Gasteiger partial charge in [0.25, 0.3) is 0 Å². The first-order valence-electron chi connectivity index (χ1n) is 5.59. The van der Waals surface area contributed by atoms with Crippen LogP contribution in [0.4, 0.5) is 11.6 Å². The summed E-state index contributed by atoms with van der Waals surface area (Å²) in [7, 11) is 0. The lowest BCUT2D eigenvalue weighted by Gasteiger charge is -2.25. The first-order chi connectivity index (χ1) is 7.88. The van der Waals surface area contributed by atoms with Gasteiger partial charge in [-0.2, -0.15) is 5.26 Å². The standard InChI is InChI=1S/C11H15N5/c12-7-14-11-6-10(15-8-16-11)13-5-4-9-2-1-3-9/h6,8-9H,1-5H2,(H2,13,14,15,16). The van der Waals surface area contributed by atoms with Crippen molar-refractivity contribution in [2.45, 2.75) is 25.7 Å². The monoisotopic (exact) mass is 217 g/mol. The molecular formula is C11H15N5. The molecule has 0 radical (unpaired) electrons. The zero-order chi connectivity index (χ0) is 11.2. The van der Waals surface area contributed by atoms with Gasteiger partial charge in [-0.25, -0.2) is 9.97 Å². The third-order valence-corrected chi connectivity index (χ3v) is 2.93. The Morgan fingerprint density at radius 2 is 2.19 bits per heavy atom. The first-order valence-corrected chi connectivity index (χ1v) is 5.59. The van der Waals surface area contributed by atoms with Crippen LogP contribution in [0.2, 0.25) is 0 Å². The minimum atomic E-state index is 0.531. The van der Waals surface area contributed by atoms with E-state index in [0.717, 1.165) is 18.3 Å². The van der Waals surface area contributed by atoms with Crippen molar-refractivity contribution >= 4 is 11.6 Å². The molecule has 1 fully saturated rings. The maximum absolute atomic E-state index is 8.46. The molecule has 1 aromatic heterocycles. The van der Waals surface area contributed by atoms with Crippen LogP contribution in [-0.2, 0) is 0 Å². The van der Waals surface area contributed by atoms with Crippen molar-refractivity contribution in [3.8, 4) is 6.19 Å². The summed E-state index contributed by atoms with van der Waals surface area (Å²) < 4.78 is 0. The molecule has 84 valence electrons. The third-order valence-electron chi connectivity index (χ3n) is 2.93. The zero-order valence-electron chi connectivity index (χ0n) is 9.11. The number of hydrogen-bond donors (Lipinski definition) is 2. The number of nitriles is 1. The first kappa shape index (κ1) is 10.7. The number of rotatable bonds is 5. The van der Waals surface area contributed by atoms with Crippen LogP contribution in [0, 0.1) is 17.4 Å². The molecule has 5 nitrogen and oxygen atoms in total. The second-order valence-electron chi connectivity index (χ2n) is 4.04. The van der Waals surface area contributed by atoms with Crippen molar-refractivity contribution in [3.63, 3.8) is 0 Å². The number of hydrogen-bond acceptors (Lipinski definition) is 5. The van der Waals surface area contributed by atoms with Crippen LogP contribution in [0.25, 0.3) is 0 Å². The van der Waals surface area contributed by atoms with Gasteiger partial charge < -0.3 is 5.32 Å². The molecule has 1 aliphatic rings. The lowest BCUT2D eigenvalue weighted by molar-refractivity contribution is 0.303. The maximum atomic E-state index is 8.46. The van der Waals surface area contributed by atoms with Crippen molar-refractivity contribution in [2.75, 3.05) is 17.2 Å². The molecule has 2 N–H and O–H groups in total. The average Bonchev–Trinajstić information content (AvgIpc) is 2.23. The van der Waals surface area contributed by atoms with Gasteiger partial charge in [-0.05, 0) is 12.3 Å². The van der Waals surface area contributed by atoms with Crippen LogP contribution in [0.5, 0.6) is 0 Å². The normalized spacial score (nSPS) is 14.9. The molecule has 1 aromatic rings. The van der Waals surface area contributed by atoms with E-state index in [0.29, 0.717) is 5.82 Å². The highest BCUT2D eigenvalue weighted by molar-refractivity contribution is 5.48. The van der Waals surface area contributed by atoms with Gasteiger partial charge in [-0.15, -0.1) is 0 Å². The van der Waals surface area contributed by atoms with Crippen molar-refractivity contribution in [1.82, 2.24) is 9.97 Å². The summed E-state index contributed by atoms with van der Waals surface area (Å²) >= 11 is 0. The summed E-state index contributed by atoms with van der Waals surface area (Å²) in [6.45, 7) is 0.938. The molecule has 16 heavy (non-hydrogen) atoms. The Morgan fingerprint density at radius 3 is 2.88 bits per heavy atom. The summed E-state index contributed by atoms with van der Waals surface area (Å²) in [6.07, 6.45) is 8.60. The maximum Gasteiger partial charge on any atom is 0.182 e. The average molecular weight is 217 g/mol. The Morgan fingerprint density at radius 1 is 1.38 bits per heavy atom. The summed E-state index contributed by atoms with van der Waals surface area (Å²) in [6, 6.07) is 1.74. The van der Waals surface area contributed by atoms with E-state index in [2.05, 4.69) is 20.6 Å². The second-order valence-corrected chi connectivity index (χ2v) is 4.04. The van der Waals surface area contributed by atoms with Gasteiger partial charge in [0.15, 0.2) is 6.19 Å². The van der Waals surface area contributed by atoms with Gasteiger partial charge in [-0.3, -0.25) is 5.32 Å². The van der Waals surface area contributed by atoms with E-state index < -0.39 is 0 Å². The minimum absolute atomic E-state index is 0.531. The summed E-state index contributed by atoms with van der Waals surface area (Å²) in [5.74, 6) is 2.20. The zero-order valence-corrected chi connectivity index (χ0v) is 9.11. The summed E-state index contributed by atoms with van der Waals surface area (Å²) in [5.41, 5.74) is 0. The Hall–Kier alpha value is -1.83. The molecule has 1 heterocycles. The fraction of sp³-hybridized carbons (Fsp3) is 0.545. The van der Waals surface area contributed by atoms with E-state index >= 15 is 0 Å². The van der Waals surface area contributed by atoms with Crippen molar-refractivity contribution in [1.29, 1.82) is 5.26 Å². The summed E-state index contributed by atoms with van der Waals surface area (Å²) in [5, 5.41) is 14.2. The Kier molecular flexibility index (Phi) is 3.54. The topological polar surface area (TPSA) is 73.6 Å². The molecule has 1 saturated carbocycles. The third kappa shape index (κ3) is 2.83. The predicted molar refractivity (Wildman–Crippen MR) is 61.7 cm³/mol. The van der Waals surface area contributed by atoms with Crippen molar-refractivity contribution < 1.29 is 0 Å². The van der Waals surface area contributed by atoms with E-state index in [1.54, 1.807) is 6.07 Å². The smallest absolute Gasteiger partial charge is 0.182 e. The quantitative estimate of drug-likeness (QED) is 0.582. The lowest BCUT2D eigenvalue weighted by atomic mass is 9.83. The van der Waals surface area contributed by atoms with Crippen molar-refractivity contribution in [3.05, 3.63) is 12.4 Å². The largest absolute Gasteiger partial charge is 0.370 e. The molecule has 5 heteroatoms. The van der Waals surface area contributed by atoms with Crippen LogP contribution in [0.15, 0.2) is 12.4 Å². The van der Waals surface area contributed by atoms with Crippen molar-refractivity contribution in [2.24, 2.45) is 5.92 Å². The van der Waals surface area contributed by atoms with E-state index in [1.165, 1.54) is 32.0 Å². The molecule has 0 bridgehead atoms. The molecule has 1 aliphatic carbocycles. The fourth-order valence-corrected chi connectivity index (χ4v) is 1.77. The number of anilines is 2. The number of nitrogens with one attached hydrogen (secondary N) is 2. The Bertz CT molecular complexity index is 380. The summed E-state index contributed by atoms with van der Waals surface area (Å²) in [4.78, 5) is 8.01. The van der Waals surface area contributed by atoms with E-state index in [1.807, 2.05) is 6.19 Å². The Balaban J connectivity index is 1.79. The second kappa shape index (κ2) is 5.31. The molecule has 0 aliphatic heterocycles. The minimum Gasteiger partial charge on any atom is -0.370 e. The van der Waals surface area contributed by atoms with Gasteiger partial charge in [0.2, 0.25) is 0 Å². The number of aromatic nitrogens is 2. The van der Waals surface area contributed by atoms with Gasteiger partial charge in [0, 0.05) is 12.6 Å². The molecule has 0 unspecified atom stereocenters. The molecule has 0 saturated heterocycles. The highest BCUT2D eigenvalue weighted by Crippen LogP contribution is 2.29. The van der Waals surface area contributed by atoms with E-state index in [4.69, 9.17) is 5.26 Å². The lowest BCUT2D eigenvalue weighted by Crippen LogP contribution is -2.16. The highest BCUT2D eigenvalue weighted by Gasteiger charge is 2.16. The van der Waals surface area contributed by atoms with E-state index in [-0.39, 0.29) is 0 Å². The molecular weight excluding hydrogens is 202 g/mol. The van der Waals surface area contributed by atoms with Gasteiger partial charge >= 0.3 is 0 Å². The van der Waals surface area contributed by atoms with E-state index in [9.17, 15) is 0 Å². The van der Waals surface area contributed by atoms with Crippen LogP contribution in [0.1, 0.15) is 25.7 Å². The molecule has 0 atom stereocenters. The molecule has 0 amide bonds. The molecule has 0 spiro atoms. The van der Waals surface area contributed by atoms with Gasteiger partial charge in [0.05, 0.1) is 0 Å². The fourth-order valence-electron chi connectivity index (χ4n) is 1.77. The van der Waals surface area contributed by atoms with Gasteiger partial charge in [-0.1, -0.05) is 19.3 Å². The number of nitrogens with zero attached hydrogens (tertiary/aromatic N) is 3. The van der Waals surface area contributed by atoms with Gasteiger partial charge in [0.1, 0.15) is 18.0 Å². The van der Waals surface area contributed by atoms with Crippen LogP contribution in [0.3, 0.4) is 0 Å². The SMILES string of the molecule is N#CNc1cc(NCCC2CCC2)ncn1. The Labute approximate surface area is 94.9 Å². The molecule has 0 aromatic carbocycles. The van der Waals surface area contributed by atoms with Crippen LogP contribution in [-0.4, -0.2) is 16.5 Å². The van der Waals surface area contributed by atoms with Crippen LogP contribution < -0.4 is 10.6 Å². The highest BCUT2D eigenvalue weighted by atomic mass is 15.1.